The second-order valence-corrected chi connectivity index (χ2v) is 3.68. The van der Waals surface area contributed by atoms with Gasteiger partial charge in [0, 0.05) is 0 Å². The number of hydrogen-bond donors (Lipinski definition) is 0. The zero-order valence-corrected chi connectivity index (χ0v) is 8.66. The number of rotatable bonds is 3. The highest BCUT2D eigenvalue weighted by molar-refractivity contribution is 5.83. The van der Waals surface area contributed by atoms with E-state index in [1.54, 1.807) is 30.3 Å². The van der Waals surface area contributed by atoms with Crippen LogP contribution >= 0.6 is 0 Å². The van der Waals surface area contributed by atoms with Crippen LogP contribution in [0.1, 0.15) is 5.56 Å². The van der Waals surface area contributed by atoms with E-state index in [1.165, 1.54) is 0 Å². The molecule has 0 radical (unpaired) electrons. The van der Waals surface area contributed by atoms with Gasteiger partial charge in [-0.15, -0.1) is 0 Å². The van der Waals surface area contributed by atoms with Gasteiger partial charge in [-0.05, 0) is 5.56 Å². The van der Waals surface area contributed by atoms with Gasteiger partial charge in [0.05, 0.1) is 6.61 Å². The summed E-state index contributed by atoms with van der Waals surface area (Å²) >= 11 is 0. The number of hydrogen-bond acceptors (Lipinski definition) is 3. The summed E-state index contributed by atoms with van der Waals surface area (Å²) in [6.07, 6.45) is -4.72. The largest absolute Gasteiger partial charge is 0.458 e. The average molecular weight is 246 g/mol. The van der Waals surface area contributed by atoms with Gasteiger partial charge in [0.25, 0.3) is 5.60 Å². The molecule has 0 spiro atoms. The van der Waals surface area contributed by atoms with Gasteiger partial charge in [-0.3, -0.25) is 0 Å². The Hall–Kier alpha value is -1.56. The van der Waals surface area contributed by atoms with E-state index in [0.29, 0.717) is 5.56 Å². The Morgan fingerprint density at radius 1 is 1.35 bits per heavy atom. The highest BCUT2D eigenvalue weighted by Crippen LogP contribution is 2.44. The minimum absolute atomic E-state index is 0.194. The summed E-state index contributed by atoms with van der Waals surface area (Å²) in [4.78, 5) is 11.3. The number of esters is 1. The normalized spacial score (nSPS) is 23.2. The molecule has 2 rings (SSSR count). The molecule has 1 aromatic carbocycles. The maximum absolute atomic E-state index is 12.4. The monoisotopic (exact) mass is 246 g/mol. The molecular formula is C11H9F3O3. The molecule has 3 nitrogen and oxygen atoms in total. The van der Waals surface area contributed by atoms with E-state index in [2.05, 4.69) is 9.47 Å². The number of epoxide rings is 1. The minimum Gasteiger partial charge on any atom is -0.458 e. The van der Waals surface area contributed by atoms with Crippen LogP contribution in [-0.4, -0.2) is 24.4 Å². The molecule has 0 bridgehead atoms. The third-order valence-corrected chi connectivity index (χ3v) is 2.43. The summed E-state index contributed by atoms with van der Waals surface area (Å²) in [5.41, 5.74) is -2.11. The molecule has 1 unspecified atom stereocenters. The molecule has 1 heterocycles. The zero-order valence-electron chi connectivity index (χ0n) is 8.66. The fourth-order valence-electron chi connectivity index (χ4n) is 1.31. The van der Waals surface area contributed by atoms with Crippen LogP contribution in [0, 0.1) is 0 Å². The Labute approximate surface area is 95.1 Å². The van der Waals surface area contributed by atoms with Crippen LogP contribution in [0.5, 0.6) is 0 Å². The summed E-state index contributed by atoms with van der Waals surface area (Å²) in [6, 6.07) is 8.47. The van der Waals surface area contributed by atoms with Crippen LogP contribution in [0.25, 0.3) is 0 Å². The lowest BCUT2D eigenvalue weighted by molar-refractivity contribution is -0.204. The molecule has 0 aliphatic carbocycles. The van der Waals surface area contributed by atoms with Crippen molar-refractivity contribution in [3.8, 4) is 0 Å². The number of carbonyl (C=O) groups excluding carboxylic acids is 1. The van der Waals surface area contributed by atoms with Crippen molar-refractivity contribution in [1.82, 2.24) is 0 Å². The topological polar surface area (TPSA) is 38.8 Å². The molecule has 1 aliphatic rings. The molecule has 0 amide bonds. The van der Waals surface area contributed by atoms with Crippen molar-refractivity contribution in [1.29, 1.82) is 0 Å². The lowest BCUT2D eigenvalue weighted by Crippen LogP contribution is -2.41. The lowest BCUT2D eigenvalue weighted by Gasteiger charge is -2.14. The zero-order chi connectivity index (χ0) is 12.5. The number of alkyl halides is 3. The summed E-state index contributed by atoms with van der Waals surface area (Å²) in [5.74, 6) is -1.38. The predicted octanol–water partition coefficient (Wildman–Crippen LogP) is 2.06. The smallest absolute Gasteiger partial charge is 0.430 e. The molecule has 6 heteroatoms. The van der Waals surface area contributed by atoms with Gasteiger partial charge in [-0.1, -0.05) is 30.3 Å². The standard InChI is InChI=1S/C11H9F3O3/c12-11(13,14)10(7-17-10)9(15)16-6-8-4-2-1-3-5-8/h1-5H,6-7H2. The van der Waals surface area contributed by atoms with Crippen molar-refractivity contribution < 1.29 is 27.4 Å². The Balaban J connectivity index is 1.95. The van der Waals surface area contributed by atoms with Gasteiger partial charge < -0.3 is 9.47 Å². The first-order valence-electron chi connectivity index (χ1n) is 4.87. The Bertz CT molecular complexity index is 410. The van der Waals surface area contributed by atoms with Gasteiger partial charge in [-0.2, -0.15) is 13.2 Å². The third kappa shape index (κ3) is 2.26. The van der Waals surface area contributed by atoms with Crippen molar-refractivity contribution in [2.24, 2.45) is 0 Å². The summed E-state index contributed by atoms with van der Waals surface area (Å²) in [7, 11) is 0. The van der Waals surface area contributed by atoms with E-state index in [0.717, 1.165) is 0 Å². The highest BCUT2D eigenvalue weighted by atomic mass is 19.4. The van der Waals surface area contributed by atoms with Gasteiger partial charge in [0.2, 0.25) is 0 Å². The Kier molecular flexibility index (Phi) is 2.82. The SMILES string of the molecule is O=C(OCc1ccccc1)C1(C(F)(F)F)CO1. The van der Waals surface area contributed by atoms with Crippen LogP contribution < -0.4 is 0 Å². The van der Waals surface area contributed by atoms with E-state index >= 15 is 0 Å². The molecule has 1 atom stereocenters. The van der Waals surface area contributed by atoms with Crippen LogP contribution in [0.4, 0.5) is 13.2 Å². The summed E-state index contributed by atoms with van der Waals surface area (Å²) < 4.78 is 46.1. The van der Waals surface area contributed by atoms with Gasteiger partial charge in [0.15, 0.2) is 0 Å². The molecule has 1 aromatic rings. The molecule has 0 aromatic heterocycles. The molecule has 1 fully saturated rings. The molecule has 92 valence electrons. The van der Waals surface area contributed by atoms with Crippen LogP contribution in [0.3, 0.4) is 0 Å². The number of benzene rings is 1. The fourth-order valence-corrected chi connectivity index (χ4v) is 1.31. The third-order valence-electron chi connectivity index (χ3n) is 2.43. The van der Waals surface area contributed by atoms with Crippen LogP contribution in [-0.2, 0) is 20.9 Å². The van der Waals surface area contributed by atoms with E-state index in [-0.39, 0.29) is 6.61 Å². The van der Waals surface area contributed by atoms with Crippen molar-refractivity contribution in [2.45, 2.75) is 18.4 Å². The number of ether oxygens (including phenoxy) is 2. The van der Waals surface area contributed by atoms with E-state index in [4.69, 9.17) is 0 Å². The first-order chi connectivity index (χ1) is 7.96. The summed E-state index contributed by atoms with van der Waals surface area (Å²) in [5, 5.41) is 0. The Morgan fingerprint density at radius 2 is 1.94 bits per heavy atom. The van der Waals surface area contributed by atoms with Gasteiger partial charge in [-0.25, -0.2) is 4.79 Å². The van der Waals surface area contributed by atoms with Crippen LogP contribution in [0.2, 0.25) is 0 Å². The molecule has 0 N–H and O–H groups in total. The molecule has 1 aliphatic heterocycles. The van der Waals surface area contributed by atoms with E-state index in [9.17, 15) is 18.0 Å². The molecule has 1 saturated heterocycles. The lowest BCUT2D eigenvalue weighted by atomic mass is 10.1. The number of carbonyl (C=O) groups is 1. The first-order valence-corrected chi connectivity index (χ1v) is 4.87. The van der Waals surface area contributed by atoms with Gasteiger partial charge in [0.1, 0.15) is 6.61 Å². The predicted molar refractivity (Wildman–Crippen MR) is 51.0 cm³/mol. The van der Waals surface area contributed by atoms with Crippen molar-refractivity contribution >= 4 is 5.97 Å². The molecular weight excluding hydrogens is 237 g/mol. The van der Waals surface area contributed by atoms with Crippen molar-refractivity contribution in [3.63, 3.8) is 0 Å². The maximum atomic E-state index is 12.4. The highest BCUT2D eigenvalue weighted by Gasteiger charge is 2.72. The maximum Gasteiger partial charge on any atom is 0.430 e. The van der Waals surface area contributed by atoms with Crippen molar-refractivity contribution in [3.05, 3.63) is 35.9 Å². The fraction of sp³-hybridized carbons (Fsp3) is 0.364. The first kappa shape index (κ1) is 11.9. The molecule has 0 saturated carbocycles. The van der Waals surface area contributed by atoms with Crippen LogP contribution in [0.15, 0.2) is 30.3 Å². The Morgan fingerprint density at radius 3 is 2.41 bits per heavy atom. The van der Waals surface area contributed by atoms with E-state index < -0.39 is 24.4 Å². The van der Waals surface area contributed by atoms with Crippen molar-refractivity contribution in [2.75, 3.05) is 6.61 Å². The minimum atomic E-state index is -4.72. The van der Waals surface area contributed by atoms with E-state index in [1.807, 2.05) is 0 Å². The summed E-state index contributed by atoms with van der Waals surface area (Å²) in [6.45, 7) is -0.856. The second-order valence-electron chi connectivity index (χ2n) is 3.68. The quantitative estimate of drug-likeness (QED) is 0.605. The van der Waals surface area contributed by atoms with Gasteiger partial charge >= 0.3 is 12.1 Å². The number of halogens is 3. The molecule has 17 heavy (non-hydrogen) atoms. The second kappa shape index (κ2) is 4.03. The average Bonchev–Trinajstić information content (AvgIpc) is 3.07.